The van der Waals surface area contributed by atoms with Crippen LogP contribution in [0.3, 0.4) is 0 Å². The highest BCUT2D eigenvalue weighted by atomic mass is 28.5. The quantitative estimate of drug-likeness (QED) is 0.0743. The van der Waals surface area contributed by atoms with Crippen LogP contribution in [-0.2, 0) is 25.6 Å². The molecule has 0 atom stereocenters. The van der Waals surface area contributed by atoms with Crippen molar-refractivity contribution in [1.29, 1.82) is 0 Å². The van der Waals surface area contributed by atoms with Crippen LogP contribution in [0.4, 0.5) is 0 Å². The Morgan fingerprint density at radius 3 is 0.789 bits per heavy atom. The number of hydrogen-bond acceptors (Lipinski definition) is 6. The maximum Gasteiger partial charge on any atom is 0.500 e. The van der Waals surface area contributed by atoms with E-state index in [-0.39, 0.29) is 0 Å². The lowest BCUT2D eigenvalue weighted by molar-refractivity contribution is 0.122. The summed E-state index contributed by atoms with van der Waals surface area (Å²) >= 11 is 0. The van der Waals surface area contributed by atoms with E-state index in [0.29, 0.717) is 0 Å². The minimum Gasteiger partial charge on any atom is -0.416 e. The van der Waals surface area contributed by atoms with Crippen molar-refractivity contribution >= 4 is 42.6 Å². The standard InChI is InChI=1S/C27H66O6Si5/c1-13-34(14-2,15-3)31-38(32-35(16-4,17-5)18-6,33-36(19-7,20-8)21-9)27-25-23-22-24-26-37(28-10,29-11)30-12/h13-27H2,1-12H3. The van der Waals surface area contributed by atoms with Crippen LogP contribution in [0.1, 0.15) is 88.0 Å². The Morgan fingerprint density at radius 2 is 0.579 bits per heavy atom. The van der Waals surface area contributed by atoms with Crippen LogP contribution in [0.15, 0.2) is 0 Å². The summed E-state index contributed by atoms with van der Waals surface area (Å²) in [5, 5.41) is 0. The van der Waals surface area contributed by atoms with Crippen molar-refractivity contribution in [3.05, 3.63) is 0 Å². The number of hydrogen-bond donors (Lipinski definition) is 0. The zero-order chi connectivity index (χ0) is 29.3. The number of rotatable bonds is 25. The molecule has 0 N–H and O–H groups in total. The van der Waals surface area contributed by atoms with Gasteiger partial charge in [0.25, 0.3) is 0 Å². The zero-order valence-corrected chi connectivity index (χ0v) is 32.6. The van der Waals surface area contributed by atoms with Crippen molar-refractivity contribution in [2.24, 2.45) is 0 Å². The molecule has 0 spiro atoms. The van der Waals surface area contributed by atoms with Gasteiger partial charge in [-0.25, -0.2) is 0 Å². The summed E-state index contributed by atoms with van der Waals surface area (Å²) < 4.78 is 39.6. The molecule has 6 nitrogen and oxygen atoms in total. The predicted molar refractivity (Wildman–Crippen MR) is 175 cm³/mol. The van der Waals surface area contributed by atoms with Crippen LogP contribution in [-0.4, -0.2) is 63.9 Å². The summed E-state index contributed by atoms with van der Waals surface area (Å²) in [4.78, 5) is 0. The molecule has 0 amide bonds. The van der Waals surface area contributed by atoms with Crippen LogP contribution in [0.2, 0.25) is 66.5 Å². The van der Waals surface area contributed by atoms with Gasteiger partial charge in [-0.15, -0.1) is 0 Å². The topological polar surface area (TPSA) is 55.4 Å². The van der Waals surface area contributed by atoms with Gasteiger partial charge in [0, 0.05) is 33.4 Å². The van der Waals surface area contributed by atoms with Gasteiger partial charge in [-0.2, -0.15) is 0 Å². The summed E-state index contributed by atoms with van der Waals surface area (Å²) in [6.07, 6.45) is 4.41. The maximum atomic E-state index is 7.56. The first kappa shape index (κ1) is 38.8. The van der Waals surface area contributed by atoms with Crippen molar-refractivity contribution in [3.63, 3.8) is 0 Å². The molecule has 0 aromatic heterocycles. The molecule has 230 valence electrons. The molecule has 0 heterocycles. The normalized spacial score (nSPS) is 13.9. The van der Waals surface area contributed by atoms with Gasteiger partial charge in [0.05, 0.1) is 0 Å². The van der Waals surface area contributed by atoms with Gasteiger partial charge in [-0.3, -0.25) is 0 Å². The zero-order valence-electron chi connectivity index (χ0n) is 27.6. The van der Waals surface area contributed by atoms with Crippen molar-refractivity contribution in [3.8, 4) is 0 Å². The summed E-state index contributed by atoms with van der Waals surface area (Å²) in [7, 11) is -6.08. The Hall–Kier alpha value is 0.844. The molecule has 0 aliphatic heterocycles. The molecule has 0 unspecified atom stereocenters. The Morgan fingerprint density at radius 1 is 0.342 bits per heavy atom. The third-order valence-corrected chi connectivity index (χ3v) is 33.9. The third-order valence-electron chi connectivity index (χ3n) is 9.56. The maximum absolute atomic E-state index is 7.56. The van der Waals surface area contributed by atoms with E-state index in [1.54, 1.807) is 21.3 Å². The lowest BCUT2D eigenvalue weighted by atomic mass is 10.2. The largest absolute Gasteiger partial charge is 0.500 e. The highest BCUT2D eigenvalue weighted by Crippen LogP contribution is 2.39. The Balaban J connectivity index is 6.20. The second-order valence-corrected chi connectivity index (χ2v) is 31.8. The summed E-state index contributed by atoms with van der Waals surface area (Å²) in [6.45, 7) is 21.0. The van der Waals surface area contributed by atoms with Gasteiger partial charge in [-0.1, -0.05) is 75.2 Å². The molecule has 0 aliphatic rings. The second kappa shape index (κ2) is 19.1. The SMILES string of the molecule is CC[Si](CC)(CC)O[Si](CCCCCC[Si](OC)(OC)OC)(O[Si](CC)(CC)CC)O[Si](CC)(CC)CC. The Kier molecular flexibility index (Phi) is 19.5. The molecular formula is C27H66O6Si5. The van der Waals surface area contributed by atoms with Gasteiger partial charge in [0.15, 0.2) is 25.0 Å². The van der Waals surface area contributed by atoms with E-state index in [4.69, 9.17) is 25.6 Å². The van der Waals surface area contributed by atoms with Crippen molar-refractivity contribution in [2.75, 3.05) is 21.3 Å². The molecule has 0 aromatic rings. The Labute approximate surface area is 243 Å². The Bertz CT molecular complexity index is 508. The molecular weight excluding hydrogens is 561 g/mol. The summed E-state index contributed by atoms with van der Waals surface area (Å²) in [6, 6.07) is 12.0. The molecule has 0 fully saturated rings. The summed E-state index contributed by atoms with van der Waals surface area (Å²) in [5.74, 6) is 0. The molecule has 38 heavy (non-hydrogen) atoms. The molecule has 0 saturated heterocycles. The van der Waals surface area contributed by atoms with E-state index in [9.17, 15) is 0 Å². The van der Waals surface area contributed by atoms with Crippen LogP contribution in [0.25, 0.3) is 0 Å². The lowest BCUT2D eigenvalue weighted by Crippen LogP contribution is -2.64. The minimum absolute atomic E-state index is 0.856. The molecule has 11 heteroatoms. The van der Waals surface area contributed by atoms with E-state index in [2.05, 4.69) is 62.3 Å². The average Bonchev–Trinajstić information content (AvgIpc) is 2.98. The second-order valence-electron chi connectivity index (χ2n) is 10.9. The smallest absolute Gasteiger partial charge is 0.416 e. The van der Waals surface area contributed by atoms with Crippen LogP contribution >= 0.6 is 0 Å². The highest BCUT2D eigenvalue weighted by Gasteiger charge is 2.54. The molecule has 0 aromatic carbocycles. The van der Waals surface area contributed by atoms with E-state index in [1.165, 1.54) is 0 Å². The first-order valence-electron chi connectivity index (χ1n) is 15.8. The van der Waals surface area contributed by atoms with E-state index in [1.807, 2.05) is 0 Å². The van der Waals surface area contributed by atoms with E-state index >= 15 is 0 Å². The molecule has 0 bridgehead atoms. The van der Waals surface area contributed by atoms with E-state index in [0.717, 1.165) is 92.2 Å². The first-order valence-corrected chi connectivity index (χ1v) is 27.3. The molecule has 0 radical (unpaired) electrons. The van der Waals surface area contributed by atoms with Gasteiger partial charge in [0.1, 0.15) is 0 Å². The molecule has 0 saturated carbocycles. The molecule has 0 rings (SSSR count). The van der Waals surface area contributed by atoms with Gasteiger partial charge in [0.2, 0.25) is 0 Å². The molecule has 0 aliphatic carbocycles. The average molecular weight is 627 g/mol. The highest BCUT2D eigenvalue weighted by molar-refractivity contribution is 6.92. The van der Waals surface area contributed by atoms with E-state index < -0.39 is 42.6 Å². The van der Waals surface area contributed by atoms with Gasteiger partial charge in [-0.05, 0) is 67.2 Å². The van der Waals surface area contributed by atoms with Gasteiger partial charge >= 0.3 is 17.6 Å². The van der Waals surface area contributed by atoms with Crippen molar-refractivity contribution in [1.82, 2.24) is 0 Å². The lowest BCUT2D eigenvalue weighted by Gasteiger charge is -2.48. The fourth-order valence-electron chi connectivity index (χ4n) is 5.70. The number of unbranched alkanes of at least 4 members (excludes halogenated alkanes) is 3. The predicted octanol–water partition coefficient (Wildman–Crippen LogP) is 9.43. The van der Waals surface area contributed by atoms with Crippen LogP contribution < -0.4 is 0 Å². The van der Waals surface area contributed by atoms with Crippen molar-refractivity contribution < 1.29 is 25.6 Å². The van der Waals surface area contributed by atoms with Crippen LogP contribution in [0.5, 0.6) is 0 Å². The fraction of sp³-hybridized carbons (Fsp3) is 1.00. The van der Waals surface area contributed by atoms with Crippen molar-refractivity contribution in [2.45, 2.75) is 154 Å². The first-order chi connectivity index (χ1) is 18.1. The third kappa shape index (κ3) is 10.9. The monoisotopic (exact) mass is 626 g/mol. The van der Waals surface area contributed by atoms with Crippen LogP contribution in [0, 0.1) is 0 Å². The minimum atomic E-state index is -2.89. The fourth-order valence-corrected chi connectivity index (χ4v) is 28.6. The van der Waals surface area contributed by atoms with Gasteiger partial charge < -0.3 is 25.6 Å². The summed E-state index contributed by atoms with van der Waals surface area (Å²) in [5.41, 5.74) is 0.